The van der Waals surface area contributed by atoms with Gasteiger partial charge in [-0.2, -0.15) is 0 Å². The number of benzene rings is 1. The third kappa shape index (κ3) is 7.09. The Morgan fingerprint density at radius 3 is 2.64 bits per heavy atom. The van der Waals surface area contributed by atoms with Crippen LogP contribution in [-0.2, 0) is 35.1 Å². The van der Waals surface area contributed by atoms with Crippen LogP contribution in [0, 0.1) is 0 Å². The molecule has 0 N–H and O–H groups in total. The van der Waals surface area contributed by atoms with Gasteiger partial charge >= 0.3 is 11.9 Å². The topological polar surface area (TPSA) is 71.1 Å². The van der Waals surface area contributed by atoms with Crippen molar-refractivity contribution in [1.82, 2.24) is 0 Å². The first kappa shape index (κ1) is 22.1. The lowest BCUT2D eigenvalue weighted by Gasteiger charge is -2.22. The summed E-state index contributed by atoms with van der Waals surface area (Å²) >= 11 is 0. The highest BCUT2D eigenvalue weighted by atomic mass is 16.6. The average Bonchev–Trinajstić information content (AvgIpc) is 3.05. The van der Waals surface area contributed by atoms with Crippen LogP contribution in [0.15, 0.2) is 42.5 Å². The van der Waals surface area contributed by atoms with Gasteiger partial charge < -0.3 is 18.9 Å². The third-order valence-corrected chi connectivity index (χ3v) is 4.58. The Balaban J connectivity index is 1.95. The number of rotatable bonds is 10. The van der Waals surface area contributed by atoms with Gasteiger partial charge in [-0.05, 0) is 25.3 Å². The van der Waals surface area contributed by atoms with Crippen LogP contribution in [0.4, 0.5) is 0 Å². The van der Waals surface area contributed by atoms with Crippen molar-refractivity contribution in [1.29, 1.82) is 0 Å². The standard InChI is InChI=1S/C22H30O6/c1-4-18(26-15-17-10-7-6-8-11-17)20-14-21(27-16(3)23)19(28-20)12-9-13-22(24)25-5-2/h6-11,13,18-21H,4-5,12,14-15H2,1-3H3/b13-9+/t18-,19-,20-,21-/m1/s1. The zero-order chi connectivity index (χ0) is 20.4. The fourth-order valence-electron chi connectivity index (χ4n) is 3.29. The monoisotopic (exact) mass is 390 g/mol. The summed E-state index contributed by atoms with van der Waals surface area (Å²) in [5.74, 6) is -0.731. The molecule has 0 saturated carbocycles. The van der Waals surface area contributed by atoms with Crippen LogP contribution in [0.1, 0.15) is 45.6 Å². The Kier molecular flexibility index (Phi) is 9.17. The molecular weight excluding hydrogens is 360 g/mol. The van der Waals surface area contributed by atoms with E-state index in [0.29, 0.717) is 26.1 Å². The van der Waals surface area contributed by atoms with E-state index in [0.717, 1.165) is 12.0 Å². The van der Waals surface area contributed by atoms with Crippen molar-refractivity contribution >= 4 is 11.9 Å². The maximum absolute atomic E-state index is 11.5. The van der Waals surface area contributed by atoms with E-state index in [1.165, 1.54) is 13.0 Å². The molecule has 1 aliphatic heterocycles. The molecule has 1 saturated heterocycles. The molecule has 0 aliphatic carbocycles. The third-order valence-electron chi connectivity index (χ3n) is 4.58. The van der Waals surface area contributed by atoms with E-state index in [-0.39, 0.29) is 30.4 Å². The van der Waals surface area contributed by atoms with E-state index in [1.807, 2.05) is 37.3 Å². The highest BCUT2D eigenvalue weighted by molar-refractivity contribution is 5.81. The molecule has 0 amide bonds. The van der Waals surface area contributed by atoms with Gasteiger partial charge in [0.05, 0.1) is 31.5 Å². The van der Waals surface area contributed by atoms with Crippen LogP contribution in [0.25, 0.3) is 0 Å². The molecule has 1 aromatic carbocycles. The molecule has 0 spiro atoms. The Bertz CT molecular complexity index is 642. The predicted octanol–water partition coefficient (Wildman–Crippen LogP) is 3.58. The largest absolute Gasteiger partial charge is 0.463 e. The van der Waals surface area contributed by atoms with E-state index < -0.39 is 5.97 Å². The van der Waals surface area contributed by atoms with Crippen LogP contribution < -0.4 is 0 Å². The van der Waals surface area contributed by atoms with Crippen LogP contribution in [0.5, 0.6) is 0 Å². The highest BCUT2D eigenvalue weighted by Gasteiger charge is 2.40. The van der Waals surface area contributed by atoms with Gasteiger partial charge in [-0.15, -0.1) is 0 Å². The summed E-state index contributed by atoms with van der Waals surface area (Å²) < 4.78 is 22.6. The van der Waals surface area contributed by atoms with Crippen molar-refractivity contribution in [3.8, 4) is 0 Å². The van der Waals surface area contributed by atoms with Gasteiger partial charge in [0.2, 0.25) is 0 Å². The number of carbonyl (C=O) groups excluding carboxylic acids is 2. The molecule has 1 aromatic rings. The molecule has 2 rings (SSSR count). The smallest absolute Gasteiger partial charge is 0.330 e. The van der Waals surface area contributed by atoms with Gasteiger partial charge in [-0.25, -0.2) is 4.79 Å². The van der Waals surface area contributed by atoms with Gasteiger partial charge in [0, 0.05) is 19.4 Å². The SMILES string of the molecule is CCOC(=O)/C=C/C[C@H]1O[C@@H]([C@@H](CC)OCc2ccccc2)C[C@H]1OC(C)=O. The van der Waals surface area contributed by atoms with E-state index in [9.17, 15) is 9.59 Å². The molecule has 4 atom stereocenters. The number of carbonyl (C=O) groups is 2. The zero-order valence-corrected chi connectivity index (χ0v) is 16.8. The fourth-order valence-corrected chi connectivity index (χ4v) is 3.29. The summed E-state index contributed by atoms with van der Waals surface area (Å²) in [6.45, 7) is 6.03. The van der Waals surface area contributed by atoms with Crippen molar-refractivity contribution < 1.29 is 28.5 Å². The average molecular weight is 390 g/mol. The first-order valence-electron chi connectivity index (χ1n) is 9.85. The number of hydrogen-bond acceptors (Lipinski definition) is 6. The molecule has 0 aromatic heterocycles. The second-order valence-corrected chi connectivity index (χ2v) is 6.73. The first-order valence-corrected chi connectivity index (χ1v) is 9.85. The maximum atomic E-state index is 11.5. The van der Waals surface area contributed by atoms with Gasteiger partial charge in [-0.1, -0.05) is 43.3 Å². The lowest BCUT2D eigenvalue weighted by atomic mass is 10.0. The Morgan fingerprint density at radius 1 is 1.25 bits per heavy atom. The summed E-state index contributed by atoms with van der Waals surface area (Å²) in [5, 5.41) is 0. The number of ether oxygens (including phenoxy) is 4. The molecule has 1 aliphatic rings. The van der Waals surface area contributed by atoms with Gasteiger partial charge in [-0.3, -0.25) is 4.79 Å². The zero-order valence-electron chi connectivity index (χ0n) is 16.8. The van der Waals surface area contributed by atoms with E-state index in [2.05, 4.69) is 0 Å². The van der Waals surface area contributed by atoms with Crippen molar-refractivity contribution in [2.75, 3.05) is 6.61 Å². The molecule has 6 heteroatoms. The molecule has 1 fully saturated rings. The summed E-state index contributed by atoms with van der Waals surface area (Å²) in [6.07, 6.45) is 3.97. The summed E-state index contributed by atoms with van der Waals surface area (Å²) in [7, 11) is 0. The Hall–Kier alpha value is -2.18. The van der Waals surface area contributed by atoms with Crippen molar-refractivity contribution in [3.05, 3.63) is 48.0 Å². The highest BCUT2D eigenvalue weighted by Crippen LogP contribution is 2.30. The van der Waals surface area contributed by atoms with Gasteiger partial charge in [0.1, 0.15) is 6.10 Å². The van der Waals surface area contributed by atoms with Crippen molar-refractivity contribution in [2.45, 2.75) is 71.1 Å². The molecule has 28 heavy (non-hydrogen) atoms. The Labute approximate surface area is 166 Å². The quantitative estimate of drug-likeness (QED) is 0.449. The van der Waals surface area contributed by atoms with Crippen LogP contribution in [-0.4, -0.2) is 43.0 Å². The molecular formula is C22H30O6. The van der Waals surface area contributed by atoms with Crippen molar-refractivity contribution in [2.24, 2.45) is 0 Å². The molecule has 1 heterocycles. The summed E-state index contributed by atoms with van der Waals surface area (Å²) in [5.41, 5.74) is 1.10. The number of esters is 2. The molecule has 154 valence electrons. The minimum atomic E-state index is -0.390. The number of hydrogen-bond donors (Lipinski definition) is 0. The molecule has 0 unspecified atom stereocenters. The van der Waals surface area contributed by atoms with E-state index in [4.69, 9.17) is 18.9 Å². The summed E-state index contributed by atoms with van der Waals surface area (Å²) in [6, 6.07) is 9.97. The molecule has 0 bridgehead atoms. The fraction of sp³-hybridized carbons (Fsp3) is 0.545. The van der Waals surface area contributed by atoms with Crippen LogP contribution >= 0.6 is 0 Å². The Morgan fingerprint density at radius 2 is 2.00 bits per heavy atom. The molecule has 0 radical (unpaired) electrons. The first-order chi connectivity index (χ1) is 13.5. The second-order valence-electron chi connectivity index (χ2n) is 6.73. The minimum absolute atomic E-state index is 0.0997. The van der Waals surface area contributed by atoms with Crippen LogP contribution in [0.2, 0.25) is 0 Å². The lowest BCUT2D eigenvalue weighted by Crippen LogP contribution is -2.28. The van der Waals surface area contributed by atoms with E-state index >= 15 is 0 Å². The van der Waals surface area contributed by atoms with Gasteiger partial charge in [0.15, 0.2) is 0 Å². The van der Waals surface area contributed by atoms with E-state index in [1.54, 1.807) is 13.0 Å². The molecule has 6 nitrogen and oxygen atoms in total. The van der Waals surface area contributed by atoms with Crippen LogP contribution in [0.3, 0.4) is 0 Å². The normalized spacial score (nSPS) is 22.9. The predicted molar refractivity (Wildman–Crippen MR) is 105 cm³/mol. The lowest BCUT2D eigenvalue weighted by molar-refractivity contribution is -0.149. The minimum Gasteiger partial charge on any atom is -0.463 e. The van der Waals surface area contributed by atoms with Gasteiger partial charge in [0.25, 0.3) is 0 Å². The summed E-state index contributed by atoms with van der Waals surface area (Å²) in [4.78, 5) is 22.9. The maximum Gasteiger partial charge on any atom is 0.330 e. The second kappa shape index (κ2) is 11.6. The van der Waals surface area contributed by atoms with Crippen molar-refractivity contribution in [3.63, 3.8) is 0 Å².